The van der Waals surface area contributed by atoms with Crippen molar-refractivity contribution in [1.29, 1.82) is 0 Å². The van der Waals surface area contributed by atoms with Crippen molar-refractivity contribution < 1.29 is 4.79 Å². The zero-order valence-electron chi connectivity index (χ0n) is 8.61. The lowest BCUT2D eigenvalue weighted by Crippen LogP contribution is -2.38. The van der Waals surface area contributed by atoms with Crippen molar-refractivity contribution in [3.8, 4) is 0 Å². The van der Waals surface area contributed by atoms with Gasteiger partial charge in [-0.1, -0.05) is 36.8 Å². The van der Waals surface area contributed by atoms with Crippen LogP contribution in [0.4, 0.5) is 0 Å². The van der Waals surface area contributed by atoms with Gasteiger partial charge in [-0.25, -0.2) is 0 Å². The second kappa shape index (κ2) is 5.89. The molecule has 1 aromatic carbocycles. The molecule has 1 aliphatic rings. The number of halogens is 1. The third-order valence-electron chi connectivity index (χ3n) is 2.75. The van der Waals surface area contributed by atoms with E-state index in [2.05, 4.69) is 5.32 Å². The van der Waals surface area contributed by atoms with E-state index in [4.69, 9.17) is 0 Å². The number of nitrogens with one attached hydrogen (secondary N) is 1. The smallest absolute Gasteiger partial charge is 0.176 e. The molecule has 15 heavy (non-hydrogen) atoms. The van der Waals surface area contributed by atoms with Crippen molar-refractivity contribution in [2.24, 2.45) is 0 Å². The molecule has 0 aliphatic heterocycles. The van der Waals surface area contributed by atoms with Gasteiger partial charge in [0, 0.05) is 11.6 Å². The molecule has 82 valence electrons. The predicted octanol–water partition coefficient (Wildman–Crippen LogP) is 2.43. The summed E-state index contributed by atoms with van der Waals surface area (Å²) in [6.07, 6.45) is 3.75. The molecule has 0 spiro atoms. The van der Waals surface area contributed by atoms with Gasteiger partial charge in [-0.3, -0.25) is 4.79 Å². The number of hydrogen-bond acceptors (Lipinski definition) is 2. The summed E-state index contributed by atoms with van der Waals surface area (Å²) in [5, 5.41) is 3.27. The van der Waals surface area contributed by atoms with E-state index in [1.807, 2.05) is 30.3 Å². The summed E-state index contributed by atoms with van der Waals surface area (Å²) in [5.41, 5.74) is 0.805. The number of carbonyl (C=O) groups excluding carboxylic acids is 1. The van der Waals surface area contributed by atoms with Crippen LogP contribution in [-0.4, -0.2) is 18.4 Å². The summed E-state index contributed by atoms with van der Waals surface area (Å²) in [4.78, 5) is 11.6. The lowest BCUT2D eigenvalue weighted by atomic mass is 9.93. The minimum atomic E-state index is 0. The monoisotopic (exact) mass is 225 g/mol. The Morgan fingerprint density at radius 3 is 2.47 bits per heavy atom. The minimum absolute atomic E-state index is 0. The van der Waals surface area contributed by atoms with Crippen LogP contribution >= 0.6 is 12.4 Å². The zero-order valence-corrected chi connectivity index (χ0v) is 9.43. The van der Waals surface area contributed by atoms with Gasteiger partial charge < -0.3 is 5.32 Å². The number of benzene rings is 1. The maximum absolute atomic E-state index is 11.6. The van der Waals surface area contributed by atoms with E-state index in [9.17, 15) is 4.79 Å². The fourth-order valence-electron chi connectivity index (χ4n) is 1.58. The molecule has 0 unspecified atom stereocenters. The molecule has 1 saturated carbocycles. The molecule has 2 nitrogen and oxygen atoms in total. The van der Waals surface area contributed by atoms with Crippen molar-refractivity contribution >= 4 is 18.2 Å². The zero-order chi connectivity index (χ0) is 9.80. The lowest BCUT2D eigenvalue weighted by molar-refractivity contribution is 0.0982. The van der Waals surface area contributed by atoms with E-state index in [-0.39, 0.29) is 18.2 Å². The molecule has 2 rings (SSSR count). The number of carbonyl (C=O) groups is 1. The lowest BCUT2D eigenvalue weighted by Gasteiger charge is -2.26. The van der Waals surface area contributed by atoms with Crippen LogP contribution in [0.15, 0.2) is 30.3 Å². The van der Waals surface area contributed by atoms with E-state index in [1.54, 1.807) is 0 Å². The summed E-state index contributed by atoms with van der Waals surface area (Å²) in [7, 11) is 0. The number of hydrogen-bond donors (Lipinski definition) is 1. The summed E-state index contributed by atoms with van der Waals surface area (Å²) < 4.78 is 0. The average molecular weight is 226 g/mol. The highest BCUT2D eigenvalue weighted by atomic mass is 35.5. The molecule has 0 saturated heterocycles. The van der Waals surface area contributed by atoms with E-state index in [0.29, 0.717) is 12.6 Å². The first-order valence-corrected chi connectivity index (χ1v) is 5.18. The molecule has 0 bridgehead atoms. The second-order valence-corrected chi connectivity index (χ2v) is 3.80. The third kappa shape index (κ3) is 3.33. The third-order valence-corrected chi connectivity index (χ3v) is 2.75. The number of ketones is 1. The predicted molar refractivity (Wildman–Crippen MR) is 63.7 cm³/mol. The van der Waals surface area contributed by atoms with Gasteiger partial charge in [-0.05, 0) is 12.8 Å². The van der Waals surface area contributed by atoms with Crippen LogP contribution in [-0.2, 0) is 0 Å². The van der Waals surface area contributed by atoms with Crippen molar-refractivity contribution in [3.05, 3.63) is 35.9 Å². The summed E-state index contributed by atoms with van der Waals surface area (Å²) in [5.74, 6) is 0.192. The Balaban J connectivity index is 0.00000112. The Labute approximate surface area is 96.5 Å². The van der Waals surface area contributed by atoms with Crippen LogP contribution in [0.25, 0.3) is 0 Å². The van der Waals surface area contributed by atoms with E-state index >= 15 is 0 Å². The van der Waals surface area contributed by atoms with Crippen molar-refractivity contribution in [3.63, 3.8) is 0 Å². The molecule has 0 heterocycles. The quantitative estimate of drug-likeness (QED) is 0.798. The topological polar surface area (TPSA) is 29.1 Å². The highest BCUT2D eigenvalue weighted by Gasteiger charge is 2.17. The molecule has 1 N–H and O–H groups in total. The molecule has 1 fully saturated rings. The first-order valence-electron chi connectivity index (χ1n) is 5.18. The van der Waals surface area contributed by atoms with Crippen LogP contribution < -0.4 is 5.32 Å². The molecular weight excluding hydrogens is 210 g/mol. The minimum Gasteiger partial charge on any atom is -0.307 e. The highest BCUT2D eigenvalue weighted by molar-refractivity contribution is 5.97. The fourth-order valence-corrected chi connectivity index (χ4v) is 1.58. The van der Waals surface area contributed by atoms with Gasteiger partial charge in [0.25, 0.3) is 0 Å². The summed E-state index contributed by atoms with van der Waals surface area (Å²) in [6, 6.07) is 10.0. The Bertz CT molecular complexity index is 309. The molecule has 0 amide bonds. The van der Waals surface area contributed by atoms with Crippen LogP contribution in [0.2, 0.25) is 0 Å². The van der Waals surface area contributed by atoms with E-state index in [1.165, 1.54) is 19.3 Å². The summed E-state index contributed by atoms with van der Waals surface area (Å²) >= 11 is 0. The molecule has 0 aromatic heterocycles. The van der Waals surface area contributed by atoms with Gasteiger partial charge in [0.1, 0.15) is 0 Å². The van der Waals surface area contributed by atoms with Crippen molar-refractivity contribution in [2.45, 2.75) is 25.3 Å². The van der Waals surface area contributed by atoms with Gasteiger partial charge in [-0.15, -0.1) is 12.4 Å². The Hall–Kier alpha value is -0.860. The van der Waals surface area contributed by atoms with Crippen LogP contribution in [0.1, 0.15) is 29.6 Å². The van der Waals surface area contributed by atoms with Gasteiger partial charge in [0.05, 0.1) is 6.54 Å². The summed E-state index contributed by atoms with van der Waals surface area (Å²) in [6.45, 7) is 0.481. The first-order chi connectivity index (χ1) is 6.86. The first kappa shape index (κ1) is 12.2. The number of rotatable bonds is 4. The normalized spacial score (nSPS) is 15.2. The molecule has 0 radical (unpaired) electrons. The second-order valence-electron chi connectivity index (χ2n) is 3.80. The molecular formula is C12H16ClNO. The van der Waals surface area contributed by atoms with Crippen LogP contribution in [0, 0.1) is 0 Å². The maximum Gasteiger partial charge on any atom is 0.176 e. The molecule has 1 aliphatic carbocycles. The Kier molecular flexibility index (Phi) is 4.79. The number of Topliss-reactive ketones (excluding diaryl/α,β-unsaturated/α-hetero) is 1. The molecule has 0 atom stereocenters. The highest BCUT2D eigenvalue weighted by Crippen LogP contribution is 2.17. The van der Waals surface area contributed by atoms with Crippen LogP contribution in [0.3, 0.4) is 0 Å². The SMILES string of the molecule is Cl.O=C(CNC1CCC1)c1ccccc1. The van der Waals surface area contributed by atoms with E-state index < -0.39 is 0 Å². The average Bonchev–Trinajstić information content (AvgIpc) is 2.16. The molecule has 3 heteroatoms. The standard InChI is InChI=1S/C12H15NO.ClH/c14-12(9-13-11-7-4-8-11)10-5-2-1-3-6-10;/h1-3,5-6,11,13H,4,7-9H2;1H. The van der Waals surface area contributed by atoms with Gasteiger partial charge in [-0.2, -0.15) is 0 Å². The van der Waals surface area contributed by atoms with Gasteiger partial charge in [0.2, 0.25) is 0 Å². The van der Waals surface area contributed by atoms with Gasteiger partial charge in [0.15, 0.2) is 5.78 Å². The Morgan fingerprint density at radius 2 is 1.93 bits per heavy atom. The van der Waals surface area contributed by atoms with Crippen molar-refractivity contribution in [2.75, 3.05) is 6.54 Å². The van der Waals surface area contributed by atoms with Crippen molar-refractivity contribution in [1.82, 2.24) is 5.32 Å². The van der Waals surface area contributed by atoms with Crippen LogP contribution in [0.5, 0.6) is 0 Å². The van der Waals surface area contributed by atoms with E-state index in [0.717, 1.165) is 5.56 Å². The molecule has 1 aromatic rings. The maximum atomic E-state index is 11.6. The van der Waals surface area contributed by atoms with Gasteiger partial charge >= 0.3 is 0 Å². The Morgan fingerprint density at radius 1 is 1.27 bits per heavy atom. The largest absolute Gasteiger partial charge is 0.307 e. The fraction of sp³-hybridized carbons (Fsp3) is 0.417.